The number of benzene rings is 1. The topological polar surface area (TPSA) is 51.4 Å². The van der Waals surface area contributed by atoms with Gasteiger partial charge in [-0.3, -0.25) is 0 Å². The molecular formula is C12H12FN5S. The predicted molar refractivity (Wildman–Crippen MR) is 71.9 cm³/mol. The molecule has 0 atom stereocenters. The van der Waals surface area contributed by atoms with Crippen LogP contribution < -0.4 is 0 Å². The summed E-state index contributed by atoms with van der Waals surface area (Å²) in [5.74, 6) is 0.538. The monoisotopic (exact) mass is 277 g/mol. The third-order valence-electron chi connectivity index (χ3n) is 3.07. The van der Waals surface area contributed by atoms with Crippen LogP contribution in [0.15, 0.2) is 24.5 Å². The second-order valence-corrected chi connectivity index (χ2v) is 4.60. The maximum absolute atomic E-state index is 13.2. The molecule has 3 aromatic rings. The average Bonchev–Trinajstić information content (AvgIpc) is 2.95. The normalized spacial score (nSPS) is 11.3. The standard InChI is InChI=1S/C12H12FN5S/c1-2-17-7-14-16-11(17)6-18-10-4-3-8(13)5-9(10)15-12(18)19/h3-5,7H,2,6H2,1H3,(H,15,19). The molecule has 7 heteroatoms. The number of H-pyrrole nitrogens is 1. The number of halogens is 1. The molecule has 1 aromatic carbocycles. The van der Waals surface area contributed by atoms with E-state index >= 15 is 0 Å². The zero-order valence-electron chi connectivity index (χ0n) is 10.3. The summed E-state index contributed by atoms with van der Waals surface area (Å²) >= 11 is 5.28. The first-order valence-corrected chi connectivity index (χ1v) is 6.34. The number of hydrogen-bond acceptors (Lipinski definition) is 3. The van der Waals surface area contributed by atoms with Gasteiger partial charge in [0, 0.05) is 6.54 Å². The predicted octanol–water partition coefficient (Wildman–Crippen LogP) is 2.50. The van der Waals surface area contributed by atoms with Gasteiger partial charge < -0.3 is 14.1 Å². The van der Waals surface area contributed by atoms with Gasteiger partial charge in [0.1, 0.15) is 12.1 Å². The molecule has 0 bridgehead atoms. The van der Waals surface area contributed by atoms with Crippen LogP contribution in [0, 0.1) is 10.6 Å². The number of nitrogens with one attached hydrogen (secondary N) is 1. The van der Waals surface area contributed by atoms with Crippen LogP contribution in [0.4, 0.5) is 4.39 Å². The molecule has 1 N–H and O–H groups in total. The Balaban J connectivity index is 2.10. The van der Waals surface area contributed by atoms with Gasteiger partial charge in [0.25, 0.3) is 0 Å². The highest BCUT2D eigenvalue weighted by molar-refractivity contribution is 7.71. The van der Waals surface area contributed by atoms with E-state index in [0.29, 0.717) is 16.8 Å². The number of rotatable bonds is 3. The first-order valence-electron chi connectivity index (χ1n) is 5.94. The lowest BCUT2D eigenvalue weighted by Gasteiger charge is -2.05. The third kappa shape index (κ3) is 2.06. The lowest BCUT2D eigenvalue weighted by molar-refractivity contribution is 0.629. The Morgan fingerprint density at radius 1 is 1.42 bits per heavy atom. The quantitative estimate of drug-likeness (QED) is 0.748. The zero-order chi connectivity index (χ0) is 13.4. The van der Waals surface area contributed by atoms with Crippen LogP contribution in [-0.2, 0) is 13.1 Å². The Hall–Kier alpha value is -2.02. The Morgan fingerprint density at radius 2 is 2.26 bits per heavy atom. The largest absolute Gasteiger partial charge is 0.330 e. The van der Waals surface area contributed by atoms with Gasteiger partial charge in [-0.15, -0.1) is 10.2 Å². The van der Waals surface area contributed by atoms with Crippen molar-refractivity contribution in [3.05, 3.63) is 40.9 Å². The van der Waals surface area contributed by atoms with Crippen molar-refractivity contribution in [2.75, 3.05) is 0 Å². The summed E-state index contributed by atoms with van der Waals surface area (Å²) in [6.45, 7) is 3.34. The fourth-order valence-electron chi connectivity index (χ4n) is 2.10. The highest BCUT2D eigenvalue weighted by Gasteiger charge is 2.09. The van der Waals surface area contributed by atoms with Crippen LogP contribution in [-0.4, -0.2) is 24.3 Å². The lowest BCUT2D eigenvalue weighted by atomic mass is 10.3. The molecule has 0 radical (unpaired) electrons. The highest BCUT2D eigenvalue weighted by Crippen LogP contribution is 2.16. The van der Waals surface area contributed by atoms with Crippen molar-refractivity contribution in [3.63, 3.8) is 0 Å². The molecular weight excluding hydrogens is 265 g/mol. The van der Waals surface area contributed by atoms with E-state index in [2.05, 4.69) is 15.2 Å². The van der Waals surface area contributed by atoms with Crippen LogP contribution >= 0.6 is 12.2 Å². The Kier molecular flexibility index (Phi) is 2.90. The molecule has 98 valence electrons. The molecule has 0 spiro atoms. The van der Waals surface area contributed by atoms with Crippen molar-refractivity contribution >= 4 is 23.3 Å². The van der Waals surface area contributed by atoms with E-state index in [-0.39, 0.29) is 5.82 Å². The van der Waals surface area contributed by atoms with Gasteiger partial charge in [0.15, 0.2) is 10.6 Å². The van der Waals surface area contributed by atoms with E-state index in [1.54, 1.807) is 12.4 Å². The molecule has 0 amide bonds. The minimum Gasteiger partial charge on any atom is -0.330 e. The zero-order valence-corrected chi connectivity index (χ0v) is 11.1. The Bertz CT molecular complexity index is 785. The summed E-state index contributed by atoms with van der Waals surface area (Å²) in [6.07, 6.45) is 1.69. The van der Waals surface area contributed by atoms with Crippen molar-refractivity contribution in [1.29, 1.82) is 0 Å². The second kappa shape index (κ2) is 4.58. The van der Waals surface area contributed by atoms with Crippen molar-refractivity contribution < 1.29 is 4.39 Å². The number of aromatic nitrogens is 5. The van der Waals surface area contributed by atoms with Gasteiger partial charge in [-0.25, -0.2) is 4.39 Å². The van der Waals surface area contributed by atoms with E-state index < -0.39 is 0 Å². The van der Waals surface area contributed by atoms with Gasteiger partial charge >= 0.3 is 0 Å². The first kappa shape index (κ1) is 12.0. The molecule has 3 rings (SSSR count). The molecule has 0 aliphatic carbocycles. The summed E-state index contributed by atoms with van der Waals surface area (Å²) in [5, 5.41) is 7.98. The maximum atomic E-state index is 13.2. The van der Waals surface area contributed by atoms with Gasteiger partial charge in [-0.1, -0.05) is 0 Å². The van der Waals surface area contributed by atoms with E-state index in [9.17, 15) is 4.39 Å². The van der Waals surface area contributed by atoms with Crippen molar-refractivity contribution in [2.45, 2.75) is 20.0 Å². The van der Waals surface area contributed by atoms with E-state index in [1.807, 2.05) is 16.1 Å². The van der Waals surface area contributed by atoms with Crippen molar-refractivity contribution in [1.82, 2.24) is 24.3 Å². The first-order chi connectivity index (χ1) is 9.19. The average molecular weight is 277 g/mol. The Morgan fingerprint density at radius 3 is 3.05 bits per heavy atom. The molecule has 19 heavy (non-hydrogen) atoms. The van der Waals surface area contributed by atoms with Crippen LogP contribution in [0.3, 0.4) is 0 Å². The summed E-state index contributed by atoms with van der Waals surface area (Å²) in [4.78, 5) is 3.00. The van der Waals surface area contributed by atoms with Gasteiger partial charge in [0.05, 0.1) is 17.6 Å². The van der Waals surface area contributed by atoms with Crippen LogP contribution in [0.25, 0.3) is 11.0 Å². The Labute approximate surface area is 113 Å². The number of aryl methyl sites for hydroxylation is 1. The number of aromatic amines is 1. The fourth-order valence-corrected chi connectivity index (χ4v) is 2.37. The minimum atomic E-state index is -0.285. The van der Waals surface area contributed by atoms with E-state index in [1.165, 1.54) is 12.1 Å². The lowest BCUT2D eigenvalue weighted by Crippen LogP contribution is -2.07. The number of fused-ring (bicyclic) bond motifs is 1. The van der Waals surface area contributed by atoms with E-state index in [4.69, 9.17) is 12.2 Å². The highest BCUT2D eigenvalue weighted by atomic mass is 32.1. The molecule has 2 aromatic heterocycles. The second-order valence-electron chi connectivity index (χ2n) is 4.21. The maximum Gasteiger partial charge on any atom is 0.178 e. The summed E-state index contributed by atoms with van der Waals surface area (Å²) in [6, 6.07) is 4.57. The molecule has 0 unspecified atom stereocenters. The van der Waals surface area contributed by atoms with Crippen LogP contribution in [0.5, 0.6) is 0 Å². The van der Waals surface area contributed by atoms with Crippen molar-refractivity contribution in [2.24, 2.45) is 0 Å². The van der Waals surface area contributed by atoms with E-state index in [0.717, 1.165) is 17.9 Å². The summed E-state index contributed by atoms with van der Waals surface area (Å²) in [7, 11) is 0. The summed E-state index contributed by atoms with van der Waals surface area (Å²) < 4.78 is 17.6. The van der Waals surface area contributed by atoms with Gasteiger partial charge in [0.2, 0.25) is 0 Å². The van der Waals surface area contributed by atoms with Crippen LogP contribution in [0.2, 0.25) is 0 Å². The molecule has 5 nitrogen and oxygen atoms in total. The fraction of sp³-hybridized carbons (Fsp3) is 0.250. The number of nitrogens with zero attached hydrogens (tertiary/aromatic N) is 4. The molecule has 0 fully saturated rings. The number of imidazole rings is 1. The third-order valence-corrected chi connectivity index (χ3v) is 3.39. The van der Waals surface area contributed by atoms with Gasteiger partial charge in [-0.05, 0) is 37.3 Å². The van der Waals surface area contributed by atoms with Crippen LogP contribution in [0.1, 0.15) is 12.7 Å². The van der Waals surface area contributed by atoms with Crippen molar-refractivity contribution in [3.8, 4) is 0 Å². The molecule has 0 aliphatic heterocycles. The van der Waals surface area contributed by atoms with Gasteiger partial charge in [-0.2, -0.15) is 0 Å². The number of hydrogen-bond donors (Lipinski definition) is 1. The SMILES string of the molecule is CCn1cnnc1Cn1c(=S)[nH]c2cc(F)ccc21. The summed E-state index contributed by atoms with van der Waals surface area (Å²) in [5.41, 5.74) is 1.55. The molecule has 0 aliphatic rings. The molecule has 0 saturated carbocycles. The smallest absolute Gasteiger partial charge is 0.178 e. The molecule has 0 saturated heterocycles. The molecule has 2 heterocycles. The minimum absolute atomic E-state index is 0.285.